The Labute approximate surface area is 156 Å². The molecule has 144 valence electrons. The molecule has 1 aromatic rings. The maximum atomic E-state index is 13.0. The van der Waals surface area contributed by atoms with Gasteiger partial charge in [0, 0.05) is 31.8 Å². The van der Waals surface area contributed by atoms with E-state index in [2.05, 4.69) is 24.1 Å². The SMILES string of the molecule is CCC(CC)C(CNC(=O)/C=C(/C)c1ccc(F)cc1)N1CCOCC1. The number of allylic oxidation sites excluding steroid dienone is 1. The molecule has 0 saturated carbocycles. The lowest BCUT2D eigenvalue weighted by Gasteiger charge is -2.38. The average molecular weight is 362 g/mol. The van der Waals surface area contributed by atoms with Gasteiger partial charge in [0.05, 0.1) is 13.2 Å². The molecule has 1 fully saturated rings. The Morgan fingerprint density at radius 1 is 1.23 bits per heavy atom. The van der Waals surface area contributed by atoms with Crippen LogP contribution in [0.5, 0.6) is 0 Å². The van der Waals surface area contributed by atoms with E-state index < -0.39 is 0 Å². The number of amides is 1. The lowest BCUT2D eigenvalue weighted by Crippen LogP contribution is -2.51. The molecule has 1 heterocycles. The average Bonchev–Trinajstić information content (AvgIpc) is 2.66. The first-order chi connectivity index (χ1) is 12.5. The van der Waals surface area contributed by atoms with Gasteiger partial charge in [0.2, 0.25) is 5.91 Å². The van der Waals surface area contributed by atoms with Gasteiger partial charge in [-0.3, -0.25) is 9.69 Å². The highest BCUT2D eigenvalue weighted by Crippen LogP contribution is 2.20. The van der Waals surface area contributed by atoms with Crippen LogP contribution in [0.4, 0.5) is 4.39 Å². The second-order valence-corrected chi connectivity index (χ2v) is 6.87. The van der Waals surface area contributed by atoms with E-state index in [4.69, 9.17) is 4.74 Å². The molecule has 0 radical (unpaired) electrons. The first-order valence-corrected chi connectivity index (χ1v) is 9.59. The van der Waals surface area contributed by atoms with Crippen molar-refractivity contribution >= 4 is 11.5 Å². The highest BCUT2D eigenvalue weighted by Gasteiger charge is 2.27. The Hall–Kier alpha value is -1.72. The summed E-state index contributed by atoms with van der Waals surface area (Å²) in [5.41, 5.74) is 1.68. The van der Waals surface area contributed by atoms with Crippen LogP contribution in [0, 0.1) is 11.7 Å². The van der Waals surface area contributed by atoms with Crippen LogP contribution in [0.15, 0.2) is 30.3 Å². The number of nitrogens with one attached hydrogen (secondary N) is 1. The number of rotatable bonds is 8. The molecule has 1 saturated heterocycles. The van der Waals surface area contributed by atoms with E-state index in [0.717, 1.165) is 50.3 Å². The van der Waals surface area contributed by atoms with Crippen molar-refractivity contribution in [3.63, 3.8) is 0 Å². The zero-order chi connectivity index (χ0) is 18.9. The summed E-state index contributed by atoms with van der Waals surface area (Å²) in [6.07, 6.45) is 3.79. The summed E-state index contributed by atoms with van der Waals surface area (Å²) in [6.45, 7) is 10.3. The smallest absolute Gasteiger partial charge is 0.244 e. The summed E-state index contributed by atoms with van der Waals surface area (Å²) in [5.74, 6) is 0.177. The zero-order valence-electron chi connectivity index (χ0n) is 16.1. The molecule has 1 aromatic carbocycles. The Morgan fingerprint density at radius 3 is 2.42 bits per heavy atom. The van der Waals surface area contributed by atoms with Crippen molar-refractivity contribution < 1.29 is 13.9 Å². The van der Waals surface area contributed by atoms with Crippen LogP contribution in [-0.2, 0) is 9.53 Å². The third-order valence-corrected chi connectivity index (χ3v) is 5.24. The van der Waals surface area contributed by atoms with E-state index in [0.29, 0.717) is 18.5 Å². The van der Waals surface area contributed by atoms with Crippen molar-refractivity contribution in [3.05, 3.63) is 41.7 Å². The van der Waals surface area contributed by atoms with E-state index in [1.165, 1.54) is 12.1 Å². The number of carbonyl (C=O) groups excluding carboxylic acids is 1. The quantitative estimate of drug-likeness (QED) is 0.720. The summed E-state index contributed by atoms with van der Waals surface area (Å²) in [6, 6.07) is 6.53. The van der Waals surface area contributed by atoms with Gasteiger partial charge in [-0.15, -0.1) is 0 Å². The van der Waals surface area contributed by atoms with Gasteiger partial charge in [-0.1, -0.05) is 38.8 Å². The predicted molar refractivity (Wildman–Crippen MR) is 103 cm³/mol. The number of carbonyl (C=O) groups is 1. The number of benzene rings is 1. The second-order valence-electron chi connectivity index (χ2n) is 6.87. The Kier molecular flexibility index (Phi) is 8.26. The molecule has 1 aliphatic rings. The van der Waals surface area contributed by atoms with E-state index in [1.54, 1.807) is 18.2 Å². The fourth-order valence-electron chi connectivity index (χ4n) is 3.58. The van der Waals surface area contributed by atoms with Crippen LogP contribution in [0.3, 0.4) is 0 Å². The van der Waals surface area contributed by atoms with Gasteiger partial charge in [0.15, 0.2) is 0 Å². The zero-order valence-corrected chi connectivity index (χ0v) is 16.1. The number of morpholine rings is 1. The molecule has 1 amide bonds. The van der Waals surface area contributed by atoms with Crippen molar-refractivity contribution in [2.75, 3.05) is 32.8 Å². The summed E-state index contributed by atoms with van der Waals surface area (Å²) >= 11 is 0. The monoisotopic (exact) mass is 362 g/mol. The third-order valence-electron chi connectivity index (χ3n) is 5.24. The van der Waals surface area contributed by atoms with Crippen molar-refractivity contribution in [3.8, 4) is 0 Å². The number of hydrogen-bond acceptors (Lipinski definition) is 3. The minimum Gasteiger partial charge on any atom is -0.379 e. The summed E-state index contributed by atoms with van der Waals surface area (Å²) in [7, 11) is 0. The molecule has 0 aromatic heterocycles. The molecule has 26 heavy (non-hydrogen) atoms. The van der Waals surface area contributed by atoms with Crippen LogP contribution in [0.2, 0.25) is 0 Å². The molecule has 1 atom stereocenters. The summed E-state index contributed by atoms with van der Waals surface area (Å²) < 4.78 is 18.5. The Balaban J connectivity index is 1.98. The van der Waals surface area contributed by atoms with E-state index in [1.807, 2.05) is 6.92 Å². The van der Waals surface area contributed by atoms with Crippen molar-refractivity contribution in [2.45, 2.75) is 39.7 Å². The number of hydrogen-bond donors (Lipinski definition) is 1. The van der Waals surface area contributed by atoms with Gasteiger partial charge in [-0.2, -0.15) is 0 Å². The van der Waals surface area contributed by atoms with Crippen LogP contribution < -0.4 is 5.32 Å². The van der Waals surface area contributed by atoms with Gasteiger partial charge >= 0.3 is 0 Å². The summed E-state index contributed by atoms with van der Waals surface area (Å²) in [4.78, 5) is 14.8. The van der Waals surface area contributed by atoms with Crippen molar-refractivity contribution in [1.82, 2.24) is 10.2 Å². The molecule has 5 heteroatoms. The van der Waals surface area contributed by atoms with E-state index >= 15 is 0 Å². The number of nitrogens with zero attached hydrogens (tertiary/aromatic N) is 1. The number of halogens is 1. The highest BCUT2D eigenvalue weighted by atomic mass is 19.1. The minimum atomic E-state index is -0.274. The maximum Gasteiger partial charge on any atom is 0.244 e. The van der Waals surface area contributed by atoms with Crippen LogP contribution >= 0.6 is 0 Å². The fourth-order valence-corrected chi connectivity index (χ4v) is 3.58. The van der Waals surface area contributed by atoms with Crippen LogP contribution in [0.1, 0.15) is 39.2 Å². The third kappa shape index (κ3) is 5.92. The van der Waals surface area contributed by atoms with Crippen LogP contribution in [-0.4, -0.2) is 49.7 Å². The molecule has 0 bridgehead atoms. The standard InChI is InChI=1S/C21H31FN2O2/c1-4-17(5-2)20(24-10-12-26-13-11-24)15-23-21(25)14-16(3)18-6-8-19(22)9-7-18/h6-9,14,17,20H,4-5,10-13,15H2,1-3H3,(H,23,25)/b16-14-. The minimum absolute atomic E-state index is 0.101. The Morgan fingerprint density at radius 2 is 1.85 bits per heavy atom. The van der Waals surface area contributed by atoms with Crippen molar-refractivity contribution in [2.24, 2.45) is 5.92 Å². The van der Waals surface area contributed by atoms with Crippen LogP contribution in [0.25, 0.3) is 5.57 Å². The van der Waals surface area contributed by atoms with Gasteiger partial charge in [0.25, 0.3) is 0 Å². The van der Waals surface area contributed by atoms with Crippen molar-refractivity contribution in [1.29, 1.82) is 0 Å². The molecule has 1 unspecified atom stereocenters. The molecule has 0 spiro atoms. The van der Waals surface area contributed by atoms with Gasteiger partial charge < -0.3 is 10.1 Å². The molecular weight excluding hydrogens is 331 g/mol. The first-order valence-electron chi connectivity index (χ1n) is 9.59. The maximum absolute atomic E-state index is 13.0. The topological polar surface area (TPSA) is 41.6 Å². The lowest BCUT2D eigenvalue weighted by atomic mass is 9.92. The fraction of sp³-hybridized carbons (Fsp3) is 0.571. The summed E-state index contributed by atoms with van der Waals surface area (Å²) in [5, 5.41) is 3.07. The van der Waals surface area contributed by atoms with E-state index in [9.17, 15) is 9.18 Å². The van der Waals surface area contributed by atoms with Gasteiger partial charge in [-0.05, 0) is 36.1 Å². The molecule has 0 aliphatic carbocycles. The number of ether oxygens (including phenoxy) is 1. The van der Waals surface area contributed by atoms with Gasteiger partial charge in [-0.25, -0.2) is 4.39 Å². The lowest BCUT2D eigenvalue weighted by molar-refractivity contribution is -0.117. The molecular formula is C21H31FN2O2. The van der Waals surface area contributed by atoms with Gasteiger partial charge in [0.1, 0.15) is 5.82 Å². The first kappa shape index (κ1) is 20.6. The molecule has 1 aliphatic heterocycles. The Bertz CT molecular complexity index is 591. The highest BCUT2D eigenvalue weighted by molar-refractivity contribution is 5.94. The molecule has 4 nitrogen and oxygen atoms in total. The molecule has 1 N–H and O–H groups in total. The molecule has 2 rings (SSSR count). The predicted octanol–water partition coefficient (Wildman–Crippen LogP) is 3.48. The largest absolute Gasteiger partial charge is 0.379 e. The second kappa shape index (κ2) is 10.4. The normalized spacial score (nSPS) is 17.3. The van der Waals surface area contributed by atoms with E-state index in [-0.39, 0.29) is 11.7 Å².